The molecule has 1 N–H and O–H groups in total. The van der Waals surface area contributed by atoms with E-state index in [1.54, 1.807) is 26.5 Å². The van der Waals surface area contributed by atoms with Gasteiger partial charge in [0.05, 0.1) is 28.3 Å². The molecule has 3 nitrogen and oxygen atoms in total. The maximum atomic E-state index is 9.70. The van der Waals surface area contributed by atoms with Gasteiger partial charge in [0.2, 0.25) is 0 Å². The molecule has 0 bridgehead atoms. The summed E-state index contributed by atoms with van der Waals surface area (Å²) < 4.78 is 4.96. The number of ether oxygens (including phenoxy) is 1. The van der Waals surface area contributed by atoms with E-state index in [0.29, 0.717) is 6.61 Å². The average Bonchev–Trinajstić information content (AvgIpc) is 2.34. The second-order valence-electron chi connectivity index (χ2n) is 3.12. The fourth-order valence-corrected chi connectivity index (χ4v) is 1.83. The Morgan fingerprint density at radius 1 is 1.67 bits per heavy atom. The third-order valence-electron chi connectivity index (χ3n) is 1.48. The minimum Gasteiger partial charge on any atom is -0.385 e. The molecular formula is C8H13NO2S. The van der Waals surface area contributed by atoms with Gasteiger partial charge in [0.15, 0.2) is 0 Å². The first-order chi connectivity index (χ1) is 5.55. The smallest absolute Gasteiger partial charge is 0.0951 e. The van der Waals surface area contributed by atoms with E-state index in [1.807, 2.05) is 0 Å². The van der Waals surface area contributed by atoms with Gasteiger partial charge in [-0.1, -0.05) is 0 Å². The van der Waals surface area contributed by atoms with Crippen LogP contribution in [-0.4, -0.2) is 17.2 Å². The van der Waals surface area contributed by atoms with Crippen molar-refractivity contribution >= 4 is 11.3 Å². The van der Waals surface area contributed by atoms with Crippen molar-refractivity contribution in [2.45, 2.75) is 26.1 Å². The molecule has 0 aliphatic heterocycles. The number of rotatable bonds is 3. The first kappa shape index (κ1) is 9.64. The summed E-state index contributed by atoms with van der Waals surface area (Å²) in [6.07, 6.45) is 0. The van der Waals surface area contributed by atoms with Crippen LogP contribution in [0.25, 0.3) is 0 Å². The molecule has 0 aliphatic rings. The normalized spacial score (nSPS) is 12.0. The zero-order valence-electron chi connectivity index (χ0n) is 7.50. The Hall–Kier alpha value is -0.450. The molecule has 0 saturated heterocycles. The molecule has 0 aliphatic carbocycles. The molecule has 1 heterocycles. The van der Waals surface area contributed by atoms with Gasteiger partial charge in [-0.2, -0.15) is 0 Å². The zero-order chi connectivity index (χ0) is 9.19. The second kappa shape index (κ2) is 3.51. The van der Waals surface area contributed by atoms with Gasteiger partial charge in [-0.25, -0.2) is 4.98 Å². The highest BCUT2D eigenvalue weighted by Gasteiger charge is 2.22. The molecule has 12 heavy (non-hydrogen) atoms. The minimum absolute atomic E-state index is 0.461. The average molecular weight is 187 g/mol. The quantitative estimate of drug-likeness (QED) is 0.780. The molecule has 0 radical (unpaired) electrons. The Kier molecular flexibility index (Phi) is 2.82. The Morgan fingerprint density at radius 2 is 2.33 bits per heavy atom. The van der Waals surface area contributed by atoms with Gasteiger partial charge >= 0.3 is 0 Å². The van der Waals surface area contributed by atoms with E-state index in [1.165, 1.54) is 11.3 Å². The van der Waals surface area contributed by atoms with E-state index in [-0.39, 0.29) is 0 Å². The summed E-state index contributed by atoms with van der Waals surface area (Å²) in [5, 5.41) is 9.70. The van der Waals surface area contributed by atoms with E-state index in [0.717, 1.165) is 10.6 Å². The van der Waals surface area contributed by atoms with Crippen LogP contribution in [0.15, 0.2) is 5.51 Å². The van der Waals surface area contributed by atoms with Crippen LogP contribution in [0.3, 0.4) is 0 Å². The first-order valence-corrected chi connectivity index (χ1v) is 4.58. The summed E-state index contributed by atoms with van der Waals surface area (Å²) >= 11 is 1.46. The van der Waals surface area contributed by atoms with Gasteiger partial charge in [0.1, 0.15) is 0 Å². The van der Waals surface area contributed by atoms with Crippen LogP contribution < -0.4 is 0 Å². The van der Waals surface area contributed by atoms with Crippen molar-refractivity contribution < 1.29 is 9.84 Å². The molecule has 0 unspecified atom stereocenters. The molecule has 1 aromatic heterocycles. The third-order valence-corrected chi connectivity index (χ3v) is 2.66. The SMILES string of the molecule is COCc1ncsc1C(C)(C)O. The Morgan fingerprint density at radius 3 is 2.83 bits per heavy atom. The topological polar surface area (TPSA) is 42.4 Å². The van der Waals surface area contributed by atoms with E-state index < -0.39 is 5.60 Å². The predicted octanol–water partition coefficient (Wildman–Crippen LogP) is 1.52. The number of thiazole rings is 1. The van der Waals surface area contributed by atoms with Gasteiger partial charge in [-0.05, 0) is 13.8 Å². The van der Waals surface area contributed by atoms with Crippen molar-refractivity contribution in [3.63, 3.8) is 0 Å². The van der Waals surface area contributed by atoms with Crippen LogP contribution in [0.4, 0.5) is 0 Å². The summed E-state index contributed by atoms with van der Waals surface area (Å²) in [7, 11) is 1.62. The van der Waals surface area contributed by atoms with E-state index in [4.69, 9.17) is 4.74 Å². The highest BCUT2D eigenvalue weighted by Crippen LogP contribution is 2.27. The number of hydrogen-bond donors (Lipinski definition) is 1. The van der Waals surface area contributed by atoms with E-state index in [9.17, 15) is 5.11 Å². The number of aromatic nitrogens is 1. The van der Waals surface area contributed by atoms with Gasteiger partial charge in [0.25, 0.3) is 0 Å². The lowest BCUT2D eigenvalue weighted by Crippen LogP contribution is -2.16. The van der Waals surface area contributed by atoms with Crippen LogP contribution in [0.5, 0.6) is 0 Å². The summed E-state index contributed by atoms with van der Waals surface area (Å²) in [6.45, 7) is 3.96. The molecule has 0 fully saturated rings. The lowest BCUT2D eigenvalue weighted by Gasteiger charge is -2.16. The first-order valence-electron chi connectivity index (χ1n) is 3.70. The molecule has 1 rings (SSSR count). The van der Waals surface area contributed by atoms with Gasteiger partial charge in [-0.15, -0.1) is 11.3 Å². The summed E-state index contributed by atoms with van der Waals surface area (Å²) in [5.41, 5.74) is 1.74. The lowest BCUT2D eigenvalue weighted by molar-refractivity contribution is 0.0782. The van der Waals surface area contributed by atoms with Crippen molar-refractivity contribution in [1.82, 2.24) is 4.98 Å². The third kappa shape index (κ3) is 2.03. The predicted molar refractivity (Wildman–Crippen MR) is 48.1 cm³/mol. The Bertz CT molecular complexity index is 252. The fraction of sp³-hybridized carbons (Fsp3) is 0.625. The maximum Gasteiger partial charge on any atom is 0.0951 e. The minimum atomic E-state index is -0.810. The lowest BCUT2D eigenvalue weighted by atomic mass is 10.1. The molecule has 0 atom stereocenters. The molecule has 0 aromatic carbocycles. The Balaban J connectivity index is 2.91. The highest BCUT2D eigenvalue weighted by atomic mass is 32.1. The van der Waals surface area contributed by atoms with Crippen LogP contribution >= 0.6 is 11.3 Å². The second-order valence-corrected chi connectivity index (χ2v) is 3.97. The largest absolute Gasteiger partial charge is 0.385 e. The van der Waals surface area contributed by atoms with Crippen molar-refractivity contribution in [2.75, 3.05) is 7.11 Å². The van der Waals surface area contributed by atoms with Crippen LogP contribution in [0.2, 0.25) is 0 Å². The van der Waals surface area contributed by atoms with Crippen molar-refractivity contribution in [1.29, 1.82) is 0 Å². The standard InChI is InChI=1S/C8H13NO2S/c1-8(2,10)7-6(4-11-3)9-5-12-7/h5,10H,4H2,1-3H3. The van der Waals surface area contributed by atoms with E-state index in [2.05, 4.69) is 4.98 Å². The monoisotopic (exact) mass is 187 g/mol. The molecule has 68 valence electrons. The molecular weight excluding hydrogens is 174 g/mol. The van der Waals surface area contributed by atoms with Crippen LogP contribution in [-0.2, 0) is 16.9 Å². The summed E-state index contributed by atoms with van der Waals surface area (Å²) in [6, 6.07) is 0. The maximum absolute atomic E-state index is 9.70. The number of aliphatic hydroxyl groups is 1. The Labute approximate surface area is 76.0 Å². The highest BCUT2D eigenvalue weighted by molar-refractivity contribution is 7.09. The number of methoxy groups -OCH3 is 1. The molecule has 0 amide bonds. The number of hydrogen-bond acceptors (Lipinski definition) is 4. The zero-order valence-corrected chi connectivity index (χ0v) is 8.31. The fourth-order valence-electron chi connectivity index (χ4n) is 1.01. The van der Waals surface area contributed by atoms with Crippen LogP contribution in [0.1, 0.15) is 24.4 Å². The van der Waals surface area contributed by atoms with Crippen molar-refractivity contribution in [3.8, 4) is 0 Å². The summed E-state index contributed by atoms with van der Waals surface area (Å²) in [4.78, 5) is 4.98. The molecule has 1 aromatic rings. The van der Waals surface area contributed by atoms with Crippen LogP contribution in [0, 0.1) is 0 Å². The molecule has 4 heteroatoms. The van der Waals surface area contributed by atoms with Crippen molar-refractivity contribution in [2.24, 2.45) is 0 Å². The van der Waals surface area contributed by atoms with E-state index >= 15 is 0 Å². The van der Waals surface area contributed by atoms with Gasteiger partial charge in [-0.3, -0.25) is 0 Å². The summed E-state index contributed by atoms with van der Waals surface area (Å²) in [5.74, 6) is 0. The number of nitrogens with zero attached hydrogens (tertiary/aromatic N) is 1. The molecule has 0 saturated carbocycles. The van der Waals surface area contributed by atoms with Crippen molar-refractivity contribution in [3.05, 3.63) is 16.1 Å². The van der Waals surface area contributed by atoms with Gasteiger partial charge < -0.3 is 9.84 Å². The molecule has 0 spiro atoms. The van der Waals surface area contributed by atoms with Gasteiger partial charge in [0, 0.05) is 7.11 Å².